The minimum Gasteiger partial charge on any atom is -1.00 e. The van der Waals surface area contributed by atoms with Gasteiger partial charge in [0.2, 0.25) is 0 Å². The summed E-state index contributed by atoms with van der Waals surface area (Å²) in [6.07, 6.45) is 20.0. The summed E-state index contributed by atoms with van der Waals surface area (Å²) in [6, 6.07) is 0. The monoisotopic (exact) mass is 248 g/mol. The first-order chi connectivity index (χ1) is 5.00. The van der Waals surface area contributed by atoms with Gasteiger partial charge in [-0.05, 0) is 0 Å². The Hall–Kier alpha value is 0.254. The number of hydrogen-bond acceptors (Lipinski definition) is 0. The number of rotatable bonds is 0. The molecule has 0 aromatic carbocycles. The maximum Gasteiger partial charge on any atom is 4.00 e. The molecule has 0 aromatic heterocycles. The van der Waals surface area contributed by atoms with Gasteiger partial charge in [0.15, 0.2) is 0 Å². The summed E-state index contributed by atoms with van der Waals surface area (Å²) >= 11 is 0. The molecule has 68 valence electrons. The third-order valence-electron chi connectivity index (χ3n) is 1.17. The molecule has 0 heterocycles. The largest absolute Gasteiger partial charge is 4.00 e. The molecule has 0 atom stereocenters. The topological polar surface area (TPSA) is 0 Å². The van der Waals surface area contributed by atoms with E-state index in [-0.39, 0.29) is 46.5 Å². The van der Waals surface area contributed by atoms with E-state index in [9.17, 15) is 0 Å². The van der Waals surface area contributed by atoms with Crippen molar-refractivity contribution in [1.82, 2.24) is 0 Å². The van der Waals surface area contributed by atoms with E-state index < -0.39 is 0 Å². The summed E-state index contributed by atoms with van der Waals surface area (Å²) in [5.41, 5.74) is 0. The molecule has 0 radical (unpaired) electrons. The molecule has 2 aliphatic rings. The van der Waals surface area contributed by atoms with Gasteiger partial charge < -0.3 is 24.8 Å². The standard InChI is InChI=1S/2C5H5.2ClH.Ti/c2*1-2-4-5-3-1;;;/h2*1-3H,4H2;2*1H;/q2*-1;;;+4/p-2. The predicted octanol–water partition coefficient (Wildman–Crippen LogP) is -3.38. The van der Waals surface area contributed by atoms with Gasteiger partial charge in [-0.3, -0.25) is 12.2 Å². The predicted molar refractivity (Wildman–Crippen MR) is 43.1 cm³/mol. The maximum absolute atomic E-state index is 2.99. The minimum absolute atomic E-state index is 0. The van der Waals surface area contributed by atoms with E-state index in [2.05, 4.69) is 24.3 Å². The molecule has 0 saturated heterocycles. The first-order valence-electron chi connectivity index (χ1n) is 3.43. The molecule has 0 N–H and O–H groups in total. The number of allylic oxidation sites excluding steroid dienone is 8. The number of halogens is 2. The van der Waals surface area contributed by atoms with Crippen molar-refractivity contribution in [2.75, 3.05) is 0 Å². The molecule has 3 heteroatoms. The molecular weight excluding hydrogens is 239 g/mol. The molecule has 0 unspecified atom stereocenters. The van der Waals surface area contributed by atoms with Crippen molar-refractivity contribution in [3.8, 4) is 0 Å². The third kappa shape index (κ3) is 12.3. The summed E-state index contributed by atoms with van der Waals surface area (Å²) in [5, 5.41) is 0. The first kappa shape index (κ1) is 18.9. The molecule has 0 aliphatic heterocycles. The zero-order valence-corrected chi connectivity index (χ0v) is 10.2. The van der Waals surface area contributed by atoms with Crippen LogP contribution in [0.4, 0.5) is 0 Å². The van der Waals surface area contributed by atoms with Crippen LogP contribution in [0, 0.1) is 12.2 Å². The van der Waals surface area contributed by atoms with Crippen molar-refractivity contribution in [3.05, 3.63) is 48.6 Å². The molecule has 13 heavy (non-hydrogen) atoms. The average molecular weight is 249 g/mol. The Kier molecular flexibility index (Phi) is 21.5. The van der Waals surface area contributed by atoms with Gasteiger partial charge in [0.05, 0.1) is 0 Å². The molecule has 2 aliphatic carbocycles. The maximum atomic E-state index is 2.99. The Balaban J connectivity index is -0.000000125. The van der Waals surface area contributed by atoms with Gasteiger partial charge in [-0.2, -0.15) is 12.2 Å². The van der Waals surface area contributed by atoms with Gasteiger partial charge >= 0.3 is 21.7 Å². The summed E-state index contributed by atoms with van der Waals surface area (Å²) < 4.78 is 0. The van der Waals surface area contributed by atoms with Gasteiger partial charge in [0.25, 0.3) is 0 Å². The summed E-state index contributed by atoms with van der Waals surface area (Å²) in [7, 11) is 0. The summed E-state index contributed by atoms with van der Waals surface area (Å²) in [5.74, 6) is 0. The van der Waals surface area contributed by atoms with E-state index in [1.807, 2.05) is 24.3 Å². The first-order valence-corrected chi connectivity index (χ1v) is 3.43. The Bertz CT molecular complexity index is 151. The van der Waals surface area contributed by atoms with E-state index in [4.69, 9.17) is 0 Å². The van der Waals surface area contributed by atoms with E-state index >= 15 is 0 Å². The molecule has 2 rings (SSSR count). The van der Waals surface area contributed by atoms with Crippen molar-refractivity contribution in [2.45, 2.75) is 12.8 Å². The molecule has 0 bridgehead atoms. The van der Waals surface area contributed by atoms with Crippen LogP contribution in [0.5, 0.6) is 0 Å². The van der Waals surface area contributed by atoms with Crippen LogP contribution in [0.3, 0.4) is 0 Å². The molecule has 0 saturated carbocycles. The van der Waals surface area contributed by atoms with Crippen LogP contribution in [-0.2, 0) is 21.7 Å². The molecule has 0 aromatic rings. The fourth-order valence-corrected chi connectivity index (χ4v) is 0.680. The SMILES string of the molecule is [C-]1=CC=CC1.[C-]1=CC=CC1.[Cl-].[Cl-].[Ti+4]. The van der Waals surface area contributed by atoms with Crippen LogP contribution in [0.2, 0.25) is 0 Å². The molecule has 0 nitrogen and oxygen atoms in total. The van der Waals surface area contributed by atoms with Crippen molar-refractivity contribution in [1.29, 1.82) is 0 Å². The molecule has 0 fully saturated rings. The van der Waals surface area contributed by atoms with E-state index in [0.717, 1.165) is 12.8 Å². The van der Waals surface area contributed by atoms with Crippen molar-refractivity contribution >= 4 is 0 Å². The zero-order chi connectivity index (χ0) is 7.07. The Morgan fingerprint density at radius 1 is 0.769 bits per heavy atom. The van der Waals surface area contributed by atoms with Crippen LogP contribution >= 0.6 is 0 Å². The van der Waals surface area contributed by atoms with Gasteiger partial charge in [-0.25, -0.2) is 24.3 Å². The Morgan fingerprint density at radius 2 is 1.15 bits per heavy atom. The summed E-state index contributed by atoms with van der Waals surface area (Å²) in [6.45, 7) is 0. The second-order valence-electron chi connectivity index (χ2n) is 2.01. The zero-order valence-electron chi connectivity index (χ0n) is 7.13. The average Bonchev–Trinajstić information content (AvgIpc) is 2.67. The quantitative estimate of drug-likeness (QED) is 0.310. The molecular formula is C10H10Cl2Ti. The summed E-state index contributed by atoms with van der Waals surface area (Å²) in [4.78, 5) is 0. The van der Waals surface area contributed by atoms with Gasteiger partial charge in [-0.15, -0.1) is 12.8 Å². The van der Waals surface area contributed by atoms with Crippen molar-refractivity contribution in [2.24, 2.45) is 0 Å². The van der Waals surface area contributed by atoms with Gasteiger partial charge in [-0.1, -0.05) is 0 Å². The van der Waals surface area contributed by atoms with E-state index in [0.29, 0.717) is 0 Å². The van der Waals surface area contributed by atoms with E-state index in [1.165, 1.54) is 0 Å². The molecule has 0 spiro atoms. The second kappa shape index (κ2) is 14.8. The number of hydrogen-bond donors (Lipinski definition) is 0. The van der Waals surface area contributed by atoms with Crippen molar-refractivity contribution in [3.63, 3.8) is 0 Å². The minimum atomic E-state index is 0. The van der Waals surface area contributed by atoms with Crippen LogP contribution in [0.15, 0.2) is 36.5 Å². The second-order valence-corrected chi connectivity index (χ2v) is 2.01. The molecule has 0 amide bonds. The fourth-order valence-electron chi connectivity index (χ4n) is 0.680. The van der Waals surface area contributed by atoms with Crippen LogP contribution < -0.4 is 24.8 Å². The van der Waals surface area contributed by atoms with Gasteiger partial charge in [0.1, 0.15) is 0 Å². The van der Waals surface area contributed by atoms with Crippen LogP contribution in [-0.4, -0.2) is 0 Å². The Labute approximate surface area is 108 Å². The van der Waals surface area contributed by atoms with Crippen LogP contribution in [0.25, 0.3) is 0 Å². The normalized spacial score (nSPS) is 13.5. The fraction of sp³-hybridized carbons (Fsp3) is 0.200. The van der Waals surface area contributed by atoms with E-state index in [1.54, 1.807) is 0 Å². The third-order valence-corrected chi connectivity index (χ3v) is 1.17. The van der Waals surface area contributed by atoms with Gasteiger partial charge in [0, 0.05) is 0 Å². The van der Waals surface area contributed by atoms with Crippen LogP contribution in [0.1, 0.15) is 12.8 Å². The van der Waals surface area contributed by atoms with Crippen molar-refractivity contribution < 1.29 is 46.5 Å². The Morgan fingerprint density at radius 3 is 1.23 bits per heavy atom. The smallest absolute Gasteiger partial charge is 1.00 e.